The van der Waals surface area contributed by atoms with Crippen LogP contribution in [0.3, 0.4) is 0 Å². The second-order valence-electron chi connectivity index (χ2n) is 4.72. The first kappa shape index (κ1) is 11.4. The molecule has 2 rings (SSSR count). The van der Waals surface area contributed by atoms with Crippen molar-refractivity contribution in [2.45, 2.75) is 26.3 Å². The number of hydrogen-bond donors (Lipinski definition) is 1. The molecule has 90 valence electrons. The summed E-state index contributed by atoms with van der Waals surface area (Å²) in [6.45, 7) is 5.87. The van der Waals surface area contributed by atoms with Crippen molar-refractivity contribution in [1.29, 1.82) is 0 Å². The fourth-order valence-corrected chi connectivity index (χ4v) is 1.60. The molecule has 2 aromatic heterocycles. The zero-order valence-electron chi connectivity index (χ0n) is 9.95. The molecule has 6 nitrogen and oxygen atoms in total. The van der Waals surface area contributed by atoms with Gasteiger partial charge in [0.2, 0.25) is 0 Å². The summed E-state index contributed by atoms with van der Waals surface area (Å²) in [6, 6.07) is 1.74. The molecule has 0 spiro atoms. The van der Waals surface area contributed by atoms with Crippen LogP contribution >= 0.6 is 0 Å². The van der Waals surface area contributed by atoms with Crippen molar-refractivity contribution in [3.63, 3.8) is 0 Å². The molecule has 0 radical (unpaired) electrons. The van der Waals surface area contributed by atoms with E-state index in [0.717, 1.165) is 0 Å². The summed E-state index contributed by atoms with van der Waals surface area (Å²) in [4.78, 5) is 11.2. The molecular formula is C11H14N4O2. The SMILES string of the molecule is CC(C)(C)n1ncc(C(=O)O)c1-n1cccn1. The molecule has 0 aliphatic carbocycles. The van der Waals surface area contributed by atoms with Crippen molar-refractivity contribution in [1.82, 2.24) is 19.6 Å². The van der Waals surface area contributed by atoms with Crippen LogP contribution in [0.4, 0.5) is 0 Å². The average Bonchev–Trinajstić information content (AvgIpc) is 2.84. The maximum atomic E-state index is 11.2. The van der Waals surface area contributed by atoms with E-state index < -0.39 is 5.97 Å². The number of hydrogen-bond acceptors (Lipinski definition) is 3. The standard InChI is InChI=1S/C11H14N4O2/c1-11(2,3)15-9(14-6-4-5-12-14)8(7-13-15)10(16)17/h4-7H,1-3H3,(H,16,17). The van der Waals surface area contributed by atoms with Gasteiger partial charge >= 0.3 is 5.97 Å². The van der Waals surface area contributed by atoms with Crippen LogP contribution < -0.4 is 0 Å². The molecule has 0 atom stereocenters. The monoisotopic (exact) mass is 234 g/mol. The first-order chi connectivity index (χ1) is 7.91. The van der Waals surface area contributed by atoms with Crippen LogP contribution in [-0.4, -0.2) is 30.6 Å². The molecule has 6 heteroatoms. The van der Waals surface area contributed by atoms with Crippen molar-refractivity contribution >= 4 is 5.97 Å². The number of nitrogens with zero attached hydrogens (tertiary/aromatic N) is 4. The summed E-state index contributed by atoms with van der Waals surface area (Å²) >= 11 is 0. The van der Waals surface area contributed by atoms with E-state index in [1.165, 1.54) is 10.9 Å². The van der Waals surface area contributed by atoms with E-state index in [4.69, 9.17) is 5.11 Å². The van der Waals surface area contributed by atoms with Crippen LogP contribution in [-0.2, 0) is 5.54 Å². The lowest BCUT2D eigenvalue weighted by atomic mass is 10.1. The molecule has 0 amide bonds. The third-order valence-corrected chi connectivity index (χ3v) is 2.33. The Kier molecular flexibility index (Phi) is 2.49. The number of aromatic nitrogens is 4. The average molecular weight is 234 g/mol. The fourth-order valence-electron chi connectivity index (χ4n) is 1.60. The molecule has 0 saturated carbocycles. The molecular weight excluding hydrogens is 220 g/mol. The molecule has 0 aromatic carbocycles. The number of carbonyl (C=O) groups is 1. The van der Waals surface area contributed by atoms with Crippen LogP contribution in [0.2, 0.25) is 0 Å². The largest absolute Gasteiger partial charge is 0.477 e. The zero-order valence-corrected chi connectivity index (χ0v) is 9.95. The molecule has 0 saturated heterocycles. The van der Waals surface area contributed by atoms with Gasteiger partial charge in [-0.3, -0.25) is 0 Å². The number of aromatic carboxylic acids is 1. The summed E-state index contributed by atoms with van der Waals surface area (Å²) in [5.41, 5.74) is -0.168. The Morgan fingerprint density at radius 2 is 2.06 bits per heavy atom. The van der Waals surface area contributed by atoms with Gasteiger partial charge in [0.25, 0.3) is 0 Å². The first-order valence-corrected chi connectivity index (χ1v) is 5.23. The van der Waals surface area contributed by atoms with Gasteiger partial charge in [0.05, 0.1) is 11.7 Å². The summed E-state index contributed by atoms with van der Waals surface area (Å²) < 4.78 is 3.17. The Labute approximate surface area is 98.5 Å². The van der Waals surface area contributed by atoms with Gasteiger partial charge < -0.3 is 5.11 Å². The van der Waals surface area contributed by atoms with Gasteiger partial charge in [0.15, 0.2) is 5.82 Å². The van der Waals surface area contributed by atoms with Crippen molar-refractivity contribution < 1.29 is 9.90 Å². The highest BCUT2D eigenvalue weighted by Crippen LogP contribution is 2.22. The lowest BCUT2D eigenvalue weighted by Crippen LogP contribution is -2.26. The molecule has 2 heterocycles. The smallest absolute Gasteiger partial charge is 0.341 e. The number of carboxylic acid groups (broad SMARTS) is 1. The zero-order chi connectivity index (χ0) is 12.6. The fraction of sp³-hybridized carbons (Fsp3) is 0.364. The van der Waals surface area contributed by atoms with Crippen LogP contribution in [0.1, 0.15) is 31.1 Å². The van der Waals surface area contributed by atoms with E-state index in [-0.39, 0.29) is 11.1 Å². The highest BCUT2D eigenvalue weighted by atomic mass is 16.4. The Balaban J connectivity index is 2.68. The Hall–Kier alpha value is -2.11. The van der Waals surface area contributed by atoms with Gasteiger partial charge in [0, 0.05) is 12.4 Å². The second kappa shape index (κ2) is 3.73. The van der Waals surface area contributed by atoms with Gasteiger partial charge in [-0.2, -0.15) is 10.2 Å². The van der Waals surface area contributed by atoms with Crippen LogP contribution in [0.25, 0.3) is 5.82 Å². The second-order valence-corrected chi connectivity index (χ2v) is 4.72. The van der Waals surface area contributed by atoms with Crippen molar-refractivity contribution in [3.05, 3.63) is 30.2 Å². The quantitative estimate of drug-likeness (QED) is 0.855. The number of rotatable bonds is 2. The molecule has 0 bridgehead atoms. The summed E-state index contributed by atoms with van der Waals surface area (Å²) in [6.07, 6.45) is 4.65. The van der Waals surface area contributed by atoms with E-state index in [1.54, 1.807) is 23.1 Å². The highest BCUT2D eigenvalue weighted by Gasteiger charge is 2.25. The van der Waals surface area contributed by atoms with Gasteiger partial charge in [-0.15, -0.1) is 0 Å². The van der Waals surface area contributed by atoms with Crippen molar-refractivity contribution in [2.24, 2.45) is 0 Å². The number of carboxylic acids is 1. The predicted molar refractivity (Wildman–Crippen MR) is 61.3 cm³/mol. The molecule has 0 fully saturated rings. The normalized spacial score (nSPS) is 11.7. The Morgan fingerprint density at radius 3 is 2.53 bits per heavy atom. The van der Waals surface area contributed by atoms with Gasteiger partial charge in [-0.05, 0) is 26.8 Å². The lowest BCUT2D eigenvalue weighted by molar-refractivity contribution is 0.0696. The van der Waals surface area contributed by atoms with E-state index in [0.29, 0.717) is 5.82 Å². The van der Waals surface area contributed by atoms with Crippen molar-refractivity contribution in [2.75, 3.05) is 0 Å². The lowest BCUT2D eigenvalue weighted by Gasteiger charge is -2.22. The third-order valence-electron chi connectivity index (χ3n) is 2.33. The van der Waals surface area contributed by atoms with Gasteiger partial charge in [-0.1, -0.05) is 0 Å². The summed E-state index contributed by atoms with van der Waals surface area (Å²) in [7, 11) is 0. The third kappa shape index (κ3) is 1.93. The van der Waals surface area contributed by atoms with Crippen LogP contribution in [0.15, 0.2) is 24.7 Å². The maximum Gasteiger partial charge on any atom is 0.341 e. The maximum absolute atomic E-state index is 11.2. The summed E-state index contributed by atoms with van der Waals surface area (Å²) in [5.74, 6) is -0.541. The van der Waals surface area contributed by atoms with Crippen LogP contribution in [0, 0.1) is 0 Å². The van der Waals surface area contributed by atoms with Crippen LogP contribution in [0.5, 0.6) is 0 Å². The van der Waals surface area contributed by atoms with Gasteiger partial charge in [-0.25, -0.2) is 14.2 Å². The molecule has 17 heavy (non-hydrogen) atoms. The molecule has 0 aliphatic rings. The van der Waals surface area contributed by atoms with E-state index in [1.807, 2.05) is 20.8 Å². The van der Waals surface area contributed by atoms with E-state index >= 15 is 0 Å². The molecule has 2 aromatic rings. The topological polar surface area (TPSA) is 72.9 Å². The Bertz CT molecular complexity index is 534. The minimum atomic E-state index is -1.01. The minimum Gasteiger partial charge on any atom is -0.477 e. The predicted octanol–water partition coefficient (Wildman–Crippen LogP) is 1.52. The Morgan fingerprint density at radius 1 is 1.35 bits per heavy atom. The summed E-state index contributed by atoms with van der Waals surface area (Å²) in [5, 5.41) is 17.4. The first-order valence-electron chi connectivity index (χ1n) is 5.23. The molecule has 0 aliphatic heterocycles. The van der Waals surface area contributed by atoms with Crippen molar-refractivity contribution in [3.8, 4) is 5.82 Å². The van der Waals surface area contributed by atoms with Gasteiger partial charge in [0.1, 0.15) is 5.56 Å². The van der Waals surface area contributed by atoms with E-state index in [9.17, 15) is 4.79 Å². The molecule has 0 unspecified atom stereocenters. The highest BCUT2D eigenvalue weighted by molar-refractivity contribution is 5.90. The minimum absolute atomic E-state index is 0.142. The molecule has 1 N–H and O–H groups in total. The van der Waals surface area contributed by atoms with E-state index in [2.05, 4.69) is 10.2 Å².